The standard InChI is InChI=1S/C13H16N2O2S/c1-7(2)9(12(16)17)5-8-3-4-10-11(6-8)18-13(14)15-10/h3-4,6-7,9H,5H2,1-2H3,(H2,14,15)(H,16,17). The summed E-state index contributed by atoms with van der Waals surface area (Å²) in [5.41, 5.74) is 7.55. The number of carbonyl (C=O) groups is 1. The van der Waals surface area contributed by atoms with Crippen LogP contribution in [0.4, 0.5) is 5.13 Å². The second kappa shape index (κ2) is 4.94. The van der Waals surface area contributed by atoms with Crippen LogP contribution in [0.1, 0.15) is 19.4 Å². The number of fused-ring (bicyclic) bond motifs is 1. The van der Waals surface area contributed by atoms with E-state index < -0.39 is 5.97 Å². The summed E-state index contributed by atoms with van der Waals surface area (Å²) in [6.07, 6.45) is 0.542. The summed E-state index contributed by atoms with van der Waals surface area (Å²) < 4.78 is 1.01. The minimum Gasteiger partial charge on any atom is -0.481 e. The Labute approximate surface area is 109 Å². The third-order valence-electron chi connectivity index (χ3n) is 3.05. The molecule has 0 saturated heterocycles. The fraction of sp³-hybridized carbons (Fsp3) is 0.385. The lowest BCUT2D eigenvalue weighted by Crippen LogP contribution is -2.22. The molecule has 0 bridgehead atoms. The predicted octanol–water partition coefficient (Wildman–Crippen LogP) is 2.78. The molecule has 0 radical (unpaired) electrons. The van der Waals surface area contributed by atoms with Gasteiger partial charge in [0.1, 0.15) is 0 Å². The number of hydrogen-bond acceptors (Lipinski definition) is 4. The number of nitrogens with zero attached hydrogens (tertiary/aromatic N) is 1. The highest BCUT2D eigenvalue weighted by Gasteiger charge is 2.21. The maximum Gasteiger partial charge on any atom is 0.307 e. The number of benzene rings is 1. The van der Waals surface area contributed by atoms with E-state index in [2.05, 4.69) is 4.98 Å². The van der Waals surface area contributed by atoms with Gasteiger partial charge in [-0.3, -0.25) is 4.79 Å². The number of nitrogens with two attached hydrogens (primary N) is 1. The Morgan fingerprint density at radius 2 is 2.22 bits per heavy atom. The molecular weight excluding hydrogens is 248 g/mol. The molecule has 1 aromatic carbocycles. The molecule has 0 aliphatic heterocycles. The van der Waals surface area contributed by atoms with Crippen molar-refractivity contribution in [3.8, 4) is 0 Å². The zero-order valence-corrected chi connectivity index (χ0v) is 11.2. The van der Waals surface area contributed by atoms with E-state index in [0.717, 1.165) is 15.8 Å². The van der Waals surface area contributed by atoms with Crippen molar-refractivity contribution >= 4 is 32.7 Å². The molecule has 1 heterocycles. The van der Waals surface area contributed by atoms with Crippen molar-refractivity contribution in [2.45, 2.75) is 20.3 Å². The lowest BCUT2D eigenvalue weighted by molar-refractivity contribution is -0.143. The number of rotatable bonds is 4. The Bertz CT molecular complexity index is 577. The molecule has 1 aromatic heterocycles. The number of aromatic nitrogens is 1. The van der Waals surface area contributed by atoms with E-state index in [1.165, 1.54) is 11.3 Å². The number of hydrogen-bond donors (Lipinski definition) is 2. The van der Waals surface area contributed by atoms with Crippen LogP contribution in [-0.2, 0) is 11.2 Å². The second-order valence-corrected chi connectivity index (χ2v) is 5.81. The van der Waals surface area contributed by atoms with E-state index in [9.17, 15) is 9.90 Å². The van der Waals surface area contributed by atoms with Crippen molar-refractivity contribution in [1.82, 2.24) is 4.98 Å². The molecule has 1 atom stereocenters. The number of carboxylic acid groups (broad SMARTS) is 1. The first-order chi connectivity index (χ1) is 8.47. The highest BCUT2D eigenvalue weighted by Crippen LogP contribution is 2.26. The summed E-state index contributed by atoms with van der Waals surface area (Å²) in [5.74, 6) is -0.980. The second-order valence-electron chi connectivity index (χ2n) is 4.75. The van der Waals surface area contributed by atoms with Crippen LogP contribution < -0.4 is 5.73 Å². The third kappa shape index (κ3) is 2.61. The number of aliphatic carboxylic acids is 1. The molecule has 0 fully saturated rings. The minimum atomic E-state index is -0.742. The fourth-order valence-corrected chi connectivity index (χ4v) is 2.77. The van der Waals surface area contributed by atoms with Crippen LogP contribution in [0.15, 0.2) is 18.2 Å². The Kier molecular flexibility index (Phi) is 3.52. The smallest absolute Gasteiger partial charge is 0.307 e. The topological polar surface area (TPSA) is 76.2 Å². The van der Waals surface area contributed by atoms with Gasteiger partial charge in [-0.05, 0) is 30.0 Å². The van der Waals surface area contributed by atoms with Gasteiger partial charge in [-0.25, -0.2) is 4.98 Å². The molecule has 2 rings (SSSR count). The number of nitrogen functional groups attached to an aromatic ring is 1. The van der Waals surface area contributed by atoms with Gasteiger partial charge in [0.2, 0.25) is 0 Å². The van der Waals surface area contributed by atoms with Crippen molar-refractivity contribution < 1.29 is 9.90 Å². The van der Waals surface area contributed by atoms with Gasteiger partial charge in [0.25, 0.3) is 0 Å². The summed E-state index contributed by atoms with van der Waals surface area (Å²) in [6, 6.07) is 5.82. The molecule has 0 aliphatic rings. The zero-order chi connectivity index (χ0) is 13.3. The fourth-order valence-electron chi connectivity index (χ4n) is 1.98. The van der Waals surface area contributed by atoms with Crippen LogP contribution in [0.2, 0.25) is 0 Å². The van der Waals surface area contributed by atoms with Crippen molar-refractivity contribution in [3.63, 3.8) is 0 Å². The van der Waals surface area contributed by atoms with Gasteiger partial charge in [0.05, 0.1) is 16.1 Å². The van der Waals surface area contributed by atoms with Gasteiger partial charge in [0.15, 0.2) is 5.13 Å². The van der Waals surface area contributed by atoms with Gasteiger partial charge in [0, 0.05) is 0 Å². The molecule has 0 aliphatic carbocycles. The van der Waals surface area contributed by atoms with Gasteiger partial charge in [-0.2, -0.15) is 0 Å². The Morgan fingerprint density at radius 1 is 1.50 bits per heavy atom. The number of thiazole rings is 1. The minimum absolute atomic E-state index is 0.115. The largest absolute Gasteiger partial charge is 0.481 e. The van der Waals surface area contributed by atoms with Crippen molar-refractivity contribution in [1.29, 1.82) is 0 Å². The van der Waals surface area contributed by atoms with Crippen LogP contribution in [0.25, 0.3) is 10.2 Å². The monoisotopic (exact) mass is 264 g/mol. The average molecular weight is 264 g/mol. The lowest BCUT2D eigenvalue weighted by Gasteiger charge is -2.15. The summed E-state index contributed by atoms with van der Waals surface area (Å²) in [7, 11) is 0. The maximum atomic E-state index is 11.2. The van der Waals surface area contributed by atoms with Crippen LogP contribution in [-0.4, -0.2) is 16.1 Å². The van der Waals surface area contributed by atoms with Crippen molar-refractivity contribution in [2.75, 3.05) is 5.73 Å². The Hall–Kier alpha value is -1.62. The number of anilines is 1. The molecule has 0 amide bonds. The molecule has 0 spiro atoms. The Morgan fingerprint density at radius 3 is 2.83 bits per heavy atom. The number of carboxylic acids is 1. The van der Waals surface area contributed by atoms with Crippen molar-refractivity contribution in [3.05, 3.63) is 23.8 Å². The predicted molar refractivity (Wildman–Crippen MR) is 73.7 cm³/mol. The van der Waals surface area contributed by atoms with Gasteiger partial charge in [-0.15, -0.1) is 0 Å². The van der Waals surface area contributed by atoms with Crippen molar-refractivity contribution in [2.24, 2.45) is 11.8 Å². The summed E-state index contributed by atoms with van der Waals surface area (Å²) in [4.78, 5) is 15.4. The van der Waals surface area contributed by atoms with E-state index >= 15 is 0 Å². The first-order valence-corrected chi connectivity index (χ1v) is 6.66. The normalized spacial score (nSPS) is 13.1. The van der Waals surface area contributed by atoms with E-state index in [1.54, 1.807) is 0 Å². The highest BCUT2D eigenvalue weighted by atomic mass is 32.1. The van der Waals surface area contributed by atoms with E-state index in [1.807, 2.05) is 32.0 Å². The highest BCUT2D eigenvalue weighted by molar-refractivity contribution is 7.22. The third-order valence-corrected chi connectivity index (χ3v) is 3.89. The quantitative estimate of drug-likeness (QED) is 0.890. The molecule has 3 N–H and O–H groups in total. The van der Waals surface area contributed by atoms with E-state index in [0.29, 0.717) is 11.6 Å². The molecule has 5 heteroatoms. The Balaban J connectivity index is 2.27. The summed E-state index contributed by atoms with van der Waals surface area (Å²) in [6.45, 7) is 3.87. The zero-order valence-electron chi connectivity index (χ0n) is 10.4. The summed E-state index contributed by atoms with van der Waals surface area (Å²) >= 11 is 1.43. The first kappa shape index (κ1) is 12.8. The lowest BCUT2D eigenvalue weighted by atomic mass is 9.89. The SMILES string of the molecule is CC(C)C(Cc1ccc2nc(N)sc2c1)C(=O)O. The van der Waals surface area contributed by atoms with E-state index in [-0.39, 0.29) is 11.8 Å². The van der Waals surface area contributed by atoms with Gasteiger partial charge in [-0.1, -0.05) is 31.3 Å². The molecule has 4 nitrogen and oxygen atoms in total. The molecule has 18 heavy (non-hydrogen) atoms. The van der Waals surface area contributed by atoms with Gasteiger partial charge < -0.3 is 10.8 Å². The maximum absolute atomic E-state index is 11.2. The molecule has 1 unspecified atom stereocenters. The van der Waals surface area contributed by atoms with Crippen LogP contribution in [0.5, 0.6) is 0 Å². The van der Waals surface area contributed by atoms with Gasteiger partial charge >= 0.3 is 5.97 Å². The van der Waals surface area contributed by atoms with Crippen LogP contribution in [0.3, 0.4) is 0 Å². The summed E-state index contributed by atoms with van der Waals surface area (Å²) in [5, 5.41) is 9.74. The molecule has 96 valence electrons. The first-order valence-electron chi connectivity index (χ1n) is 5.85. The molecule has 2 aromatic rings. The van der Waals surface area contributed by atoms with Crippen LogP contribution >= 0.6 is 11.3 Å². The van der Waals surface area contributed by atoms with Crippen LogP contribution in [0, 0.1) is 11.8 Å². The molecule has 0 saturated carbocycles. The molecular formula is C13H16N2O2S. The van der Waals surface area contributed by atoms with E-state index in [4.69, 9.17) is 5.73 Å². The average Bonchev–Trinajstić information content (AvgIpc) is 2.64.